The third kappa shape index (κ3) is 4.44. The van der Waals surface area contributed by atoms with Crippen molar-refractivity contribution in [3.8, 4) is 5.88 Å². The first-order valence-corrected chi connectivity index (χ1v) is 5.30. The minimum atomic E-state index is 0.432. The van der Waals surface area contributed by atoms with E-state index in [1.807, 2.05) is 25.9 Å². The lowest BCUT2D eigenvalue weighted by Gasteiger charge is -2.10. The number of halogens is 1. The Morgan fingerprint density at radius 2 is 2.13 bits per heavy atom. The first kappa shape index (κ1) is 12.2. The summed E-state index contributed by atoms with van der Waals surface area (Å²) in [6.07, 6.45) is 0.755. The van der Waals surface area contributed by atoms with Crippen molar-refractivity contribution >= 4 is 11.6 Å². The topological polar surface area (TPSA) is 38.2 Å². The number of aromatic nitrogens is 2. The summed E-state index contributed by atoms with van der Waals surface area (Å²) in [6.45, 7) is 3.43. The SMILES string of the molecule is CCc1nc(Cl)cc(OCCN(C)C)n1. The molecule has 0 amide bonds. The summed E-state index contributed by atoms with van der Waals surface area (Å²) >= 11 is 5.83. The molecule has 1 heterocycles. The van der Waals surface area contributed by atoms with Gasteiger partial charge in [0.1, 0.15) is 17.6 Å². The van der Waals surface area contributed by atoms with Crippen LogP contribution in [0.3, 0.4) is 0 Å². The van der Waals surface area contributed by atoms with Crippen LogP contribution in [0, 0.1) is 0 Å². The van der Waals surface area contributed by atoms with Crippen LogP contribution in [0.2, 0.25) is 5.15 Å². The van der Waals surface area contributed by atoms with E-state index in [0.29, 0.717) is 23.5 Å². The fraction of sp³-hybridized carbons (Fsp3) is 0.600. The lowest BCUT2D eigenvalue weighted by atomic mass is 10.4. The van der Waals surface area contributed by atoms with Crippen molar-refractivity contribution < 1.29 is 4.74 Å². The third-order valence-electron chi connectivity index (χ3n) is 1.82. The van der Waals surface area contributed by atoms with Gasteiger partial charge in [0, 0.05) is 19.0 Å². The van der Waals surface area contributed by atoms with Gasteiger partial charge < -0.3 is 9.64 Å². The number of hydrogen-bond donors (Lipinski definition) is 0. The average molecular weight is 230 g/mol. The van der Waals surface area contributed by atoms with Crippen molar-refractivity contribution in [1.82, 2.24) is 14.9 Å². The molecule has 0 spiro atoms. The van der Waals surface area contributed by atoms with E-state index in [0.717, 1.165) is 13.0 Å². The highest BCUT2D eigenvalue weighted by molar-refractivity contribution is 6.29. The number of likely N-dealkylation sites (N-methyl/N-ethyl adjacent to an activating group) is 1. The number of aryl methyl sites for hydroxylation is 1. The van der Waals surface area contributed by atoms with Crippen LogP contribution in [-0.4, -0.2) is 42.1 Å². The maximum atomic E-state index is 5.83. The second-order valence-corrected chi connectivity index (χ2v) is 3.84. The van der Waals surface area contributed by atoms with Gasteiger partial charge in [-0.25, -0.2) is 4.98 Å². The van der Waals surface area contributed by atoms with Crippen LogP contribution in [0.4, 0.5) is 0 Å². The molecule has 84 valence electrons. The van der Waals surface area contributed by atoms with E-state index in [-0.39, 0.29) is 0 Å². The van der Waals surface area contributed by atoms with Gasteiger partial charge in [0.05, 0.1) is 0 Å². The third-order valence-corrected chi connectivity index (χ3v) is 2.02. The molecule has 0 bridgehead atoms. The van der Waals surface area contributed by atoms with E-state index in [1.165, 1.54) is 0 Å². The van der Waals surface area contributed by atoms with E-state index < -0.39 is 0 Å². The molecule has 0 fully saturated rings. The van der Waals surface area contributed by atoms with Crippen molar-refractivity contribution in [2.45, 2.75) is 13.3 Å². The Kier molecular flexibility index (Phi) is 4.78. The summed E-state index contributed by atoms with van der Waals surface area (Å²) in [5.74, 6) is 1.26. The molecule has 5 heteroatoms. The van der Waals surface area contributed by atoms with Crippen LogP contribution < -0.4 is 4.74 Å². The maximum absolute atomic E-state index is 5.83. The normalized spacial score (nSPS) is 10.7. The van der Waals surface area contributed by atoms with Crippen LogP contribution in [0.1, 0.15) is 12.7 Å². The van der Waals surface area contributed by atoms with Crippen LogP contribution in [0.5, 0.6) is 5.88 Å². The van der Waals surface area contributed by atoms with E-state index in [9.17, 15) is 0 Å². The van der Waals surface area contributed by atoms with Gasteiger partial charge in [0.15, 0.2) is 0 Å². The Morgan fingerprint density at radius 3 is 2.73 bits per heavy atom. The molecule has 0 N–H and O–H groups in total. The van der Waals surface area contributed by atoms with Crippen LogP contribution in [0.25, 0.3) is 0 Å². The molecular formula is C10H16ClN3O. The summed E-state index contributed by atoms with van der Waals surface area (Å²) in [6, 6.07) is 1.64. The molecule has 1 rings (SSSR count). The minimum Gasteiger partial charge on any atom is -0.476 e. The number of hydrogen-bond acceptors (Lipinski definition) is 4. The summed E-state index contributed by atoms with van der Waals surface area (Å²) in [4.78, 5) is 10.3. The zero-order valence-electron chi connectivity index (χ0n) is 9.33. The fourth-order valence-corrected chi connectivity index (χ4v) is 1.20. The Labute approximate surface area is 95.2 Å². The zero-order valence-corrected chi connectivity index (χ0v) is 10.1. The van der Waals surface area contributed by atoms with Crippen molar-refractivity contribution in [1.29, 1.82) is 0 Å². The first-order chi connectivity index (χ1) is 7.11. The molecule has 0 aliphatic rings. The molecule has 0 aliphatic heterocycles. The molecule has 0 atom stereocenters. The quantitative estimate of drug-likeness (QED) is 0.720. The Bertz CT molecular complexity index is 318. The molecule has 1 aromatic rings. The smallest absolute Gasteiger partial charge is 0.218 e. The van der Waals surface area contributed by atoms with Crippen LogP contribution >= 0.6 is 11.6 Å². The molecular weight excluding hydrogens is 214 g/mol. The summed E-state index contributed by atoms with van der Waals surface area (Å²) in [5.41, 5.74) is 0. The standard InChI is InChI=1S/C10H16ClN3O/c1-4-9-12-8(11)7-10(13-9)15-6-5-14(2)3/h7H,4-6H2,1-3H3. The van der Waals surface area contributed by atoms with E-state index in [1.54, 1.807) is 6.07 Å². The number of ether oxygens (including phenoxy) is 1. The van der Waals surface area contributed by atoms with Gasteiger partial charge in [0.25, 0.3) is 0 Å². The van der Waals surface area contributed by atoms with Crippen molar-refractivity contribution in [2.24, 2.45) is 0 Å². The monoisotopic (exact) mass is 229 g/mol. The van der Waals surface area contributed by atoms with Gasteiger partial charge in [-0.15, -0.1) is 0 Å². The maximum Gasteiger partial charge on any atom is 0.218 e. The fourth-order valence-electron chi connectivity index (χ4n) is 1.01. The number of rotatable bonds is 5. The second-order valence-electron chi connectivity index (χ2n) is 3.45. The first-order valence-electron chi connectivity index (χ1n) is 4.92. The highest BCUT2D eigenvalue weighted by atomic mass is 35.5. The lowest BCUT2D eigenvalue weighted by molar-refractivity contribution is 0.253. The minimum absolute atomic E-state index is 0.432. The molecule has 0 aromatic carbocycles. The predicted molar refractivity (Wildman–Crippen MR) is 60.5 cm³/mol. The van der Waals surface area contributed by atoms with Gasteiger partial charge in [-0.3, -0.25) is 0 Å². The van der Waals surface area contributed by atoms with Gasteiger partial charge in [0.2, 0.25) is 5.88 Å². The van der Waals surface area contributed by atoms with Gasteiger partial charge in [-0.05, 0) is 14.1 Å². The zero-order chi connectivity index (χ0) is 11.3. The summed E-state index contributed by atoms with van der Waals surface area (Å²) < 4.78 is 5.46. The van der Waals surface area contributed by atoms with Crippen molar-refractivity contribution in [3.05, 3.63) is 17.0 Å². The predicted octanol–water partition coefficient (Wildman–Crippen LogP) is 1.63. The molecule has 1 aromatic heterocycles. The van der Waals surface area contributed by atoms with Gasteiger partial charge in [-0.2, -0.15) is 4.98 Å². The summed E-state index contributed by atoms with van der Waals surface area (Å²) in [5, 5.41) is 0.432. The molecule has 0 radical (unpaired) electrons. The van der Waals surface area contributed by atoms with E-state index in [2.05, 4.69) is 9.97 Å². The van der Waals surface area contributed by atoms with E-state index in [4.69, 9.17) is 16.3 Å². The molecule has 4 nitrogen and oxygen atoms in total. The molecule has 15 heavy (non-hydrogen) atoms. The Morgan fingerprint density at radius 1 is 1.40 bits per heavy atom. The molecule has 0 unspecified atom stereocenters. The van der Waals surface area contributed by atoms with Crippen molar-refractivity contribution in [3.63, 3.8) is 0 Å². The lowest BCUT2D eigenvalue weighted by Crippen LogP contribution is -2.19. The largest absolute Gasteiger partial charge is 0.476 e. The van der Waals surface area contributed by atoms with Crippen LogP contribution in [0.15, 0.2) is 6.07 Å². The van der Waals surface area contributed by atoms with Crippen LogP contribution in [-0.2, 0) is 6.42 Å². The number of nitrogens with zero attached hydrogens (tertiary/aromatic N) is 3. The Hall–Kier alpha value is -0.870. The molecule has 0 aliphatic carbocycles. The highest BCUT2D eigenvalue weighted by Gasteiger charge is 2.02. The highest BCUT2D eigenvalue weighted by Crippen LogP contribution is 2.13. The average Bonchev–Trinajstić information content (AvgIpc) is 2.16. The summed E-state index contributed by atoms with van der Waals surface area (Å²) in [7, 11) is 3.99. The van der Waals surface area contributed by atoms with Gasteiger partial charge >= 0.3 is 0 Å². The van der Waals surface area contributed by atoms with Gasteiger partial charge in [-0.1, -0.05) is 18.5 Å². The second kappa shape index (κ2) is 5.88. The molecule has 0 saturated carbocycles. The van der Waals surface area contributed by atoms with E-state index >= 15 is 0 Å². The molecule has 0 saturated heterocycles. The Balaban J connectivity index is 2.56. The van der Waals surface area contributed by atoms with Crippen molar-refractivity contribution in [2.75, 3.05) is 27.2 Å².